The Morgan fingerprint density at radius 3 is 2.48 bits per heavy atom. The van der Waals surface area contributed by atoms with Crippen molar-refractivity contribution in [3.63, 3.8) is 0 Å². The van der Waals surface area contributed by atoms with Crippen LogP contribution < -0.4 is 5.73 Å². The van der Waals surface area contributed by atoms with E-state index >= 15 is 0 Å². The zero-order valence-corrected chi connectivity index (χ0v) is 16.3. The molecule has 0 spiro atoms. The van der Waals surface area contributed by atoms with Gasteiger partial charge in [-0.3, -0.25) is 4.90 Å². The minimum Gasteiger partial charge on any atom is -0.393 e. The third-order valence-electron chi connectivity index (χ3n) is 5.37. The third-order valence-corrected chi connectivity index (χ3v) is 5.37. The molecular weight excluding hydrogens is 334 g/mol. The molecule has 1 aliphatic rings. The first-order valence-electron chi connectivity index (χ1n) is 9.73. The lowest BCUT2D eigenvalue weighted by Gasteiger charge is -2.29. The van der Waals surface area contributed by atoms with Crippen molar-refractivity contribution in [3.05, 3.63) is 71.9 Å². The summed E-state index contributed by atoms with van der Waals surface area (Å²) in [6.45, 7) is 8.20. The van der Waals surface area contributed by atoms with Crippen molar-refractivity contribution in [1.82, 2.24) is 9.80 Å². The number of piperidine rings is 1. The van der Waals surface area contributed by atoms with Gasteiger partial charge in [-0.2, -0.15) is 0 Å². The molecule has 0 bridgehead atoms. The molecule has 4 nitrogen and oxygen atoms in total. The normalized spacial score (nSPS) is 15.7. The molecule has 1 saturated heterocycles. The summed E-state index contributed by atoms with van der Waals surface area (Å²) in [5, 5.41) is 9.64. The van der Waals surface area contributed by atoms with E-state index in [1.165, 1.54) is 22.3 Å². The summed E-state index contributed by atoms with van der Waals surface area (Å²) in [5.41, 5.74) is 11.7. The molecule has 144 valence electrons. The van der Waals surface area contributed by atoms with Crippen LogP contribution in [0.2, 0.25) is 0 Å². The van der Waals surface area contributed by atoms with Gasteiger partial charge in [0.25, 0.3) is 0 Å². The highest BCUT2D eigenvalue weighted by atomic mass is 16.3. The Morgan fingerprint density at radius 2 is 1.81 bits per heavy atom. The van der Waals surface area contributed by atoms with Gasteiger partial charge in [-0.1, -0.05) is 49.0 Å². The van der Waals surface area contributed by atoms with Gasteiger partial charge in [0.1, 0.15) is 0 Å². The van der Waals surface area contributed by atoms with Crippen LogP contribution in [-0.4, -0.2) is 47.7 Å². The summed E-state index contributed by atoms with van der Waals surface area (Å²) < 4.78 is 0. The Kier molecular flexibility index (Phi) is 6.67. The fraction of sp³-hybridized carbons (Fsp3) is 0.391. The summed E-state index contributed by atoms with van der Waals surface area (Å²) in [7, 11) is 2.02. The van der Waals surface area contributed by atoms with Gasteiger partial charge in [0.2, 0.25) is 0 Å². The lowest BCUT2D eigenvalue weighted by atomic mass is 10.0. The summed E-state index contributed by atoms with van der Waals surface area (Å²) in [6, 6.07) is 17.5. The van der Waals surface area contributed by atoms with Crippen LogP contribution in [-0.2, 0) is 13.1 Å². The van der Waals surface area contributed by atoms with E-state index in [1.807, 2.05) is 7.05 Å². The number of nitrogens with zero attached hydrogens (tertiary/aromatic N) is 2. The van der Waals surface area contributed by atoms with Crippen LogP contribution in [0.4, 0.5) is 0 Å². The first kappa shape index (κ1) is 19.6. The van der Waals surface area contributed by atoms with Crippen molar-refractivity contribution in [2.45, 2.75) is 32.0 Å². The average Bonchev–Trinajstić information content (AvgIpc) is 2.70. The number of hydrogen-bond donors (Lipinski definition) is 2. The molecule has 0 aliphatic carbocycles. The van der Waals surface area contributed by atoms with E-state index in [2.05, 4.69) is 64.9 Å². The van der Waals surface area contributed by atoms with Crippen molar-refractivity contribution >= 4 is 0 Å². The van der Waals surface area contributed by atoms with E-state index in [9.17, 15) is 5.11 Å². The second-order valence-electron chi connectivity index (χ2n) is 7.53. The predicted molar refractivity (Wildman–Crippen MR) is 112 cm³/mol. The number of likely N-dealkylation sites (N-methyl/N-ethyl adjacent to an activating group) is 1. The van der Waals surface area contributed by atoms with E-state index < -0.39 is 0 Å². The lowest BCUT2D eigenvalue weighted by molar-refractivity contribution is 0.0792. The Labute approximate surface area is 162 Å². The molecule has 3 N–H and O–H groups in total. The Balaban J connectivity index is 1.64. The van der Waals surface area contributed by atoms with Crippen LogP contribution in [0.25, 0.3) is 11.1 Å². The first-order valence-corrected chi connectivity index (χ1v) is 9.73. The zero-order valence-electron chi connectivity index (χ0n) is 16.3. The number of hydrogen-bond acceptors (Lipinski definition) is 4. The SMILES string of the molecule is C=C(CN)N(C)Cc1cccc(-c2ccc(CN3CCC(O)CC3)cc2)c1. The van der Waals surface area contributed by atoms with Gasteiger partial charge in [-0.05, 0) is 41.2 Å². The molecule has 0 amide bonds. The smallest absolute Gasteiger partial charge is 0.0564 e. The quantitative estimate of drug-likeness (QED) is 0.791. The fourth-order valence-corrected chi connectivity index (χ4v) is 3.53. The molecule has 3 rings (SSSR count). The summed E-state index contributed by atoms with van der Waals surface area (Å²) >= 11 is 0. The van der Waals surface area contributed by atoms with E-state index in [4.69, 9.17) is 5.73 Å². The van der Waals surface area contributed by atoms with Crippen molar-refractivity contribution in [2.75, 3.05) is 26.7 Å². The predicted octanol–water partition coefficient (Wildman–Crippen LogP) is 3.21. The van der Waals surface area contributed by atoms with Crippen molar-refractivity contribution in [2.24, 2.45) is 5.73 Å². The molecule has 1 aliphatic heterocycles. The maximum atomic E-state index is 9.64. The van der Waals surface area contributed by atoms with E-state index in [0.29, 0.717) is 6.54 Å². The number of benzene rings is 2. The number of aliphatic hydroxyl groups is 1. The highest BCUT2D eigenvalue weighted by Gasteiger charge is 2.16. The van der Waals surface area contributed by atoms with Crippen LogP contribution >= 0.6 is 0 Å². The molecule has 2 aromatic rings. The Morgan fingerprint density at radius 1 is 1.11 bits per heavy atom. The number of nitrogens with two attached hydrogens (primary N) is 1. The average molecular weight is 366 g/mol. The number of likely N-dealkylation sites (tertiary alicyclic amines) is 1. The van der Waals surface area contributed by atoms with Crippen molar-refractivity contribution < 1.29 is 5.11 Å². The van der Waals surface area contributed by atoms with Gasteiger partial charge in [-0.15, -0.1) is 0 Å². The highest BCUT2D eigenvalue weighted by molar-refractivity contribution is 5.64. The molecular formula is C23H31N3O. The van der Waals surface area contributed by atoms with E-state index in [0.717, 1.165) is 44.7 Å². The molecule has 0 atom stereocenters. The molecule has 0 unspecified atom stereocenters. The maximum absolute atomic E-state index is 9.64. The van der Waals surface area contributed by atoms with Gasteiger partial charge in [0.15, 0.2) is 0 Å². The molecule has 2 aromatic carbocycles. The molecule has 1 heterocycles. The van der Waals surface area contributed by atoms with Gasteiger partial charge >= 0.3 is 0 Å². The summed E-state index contributed by atoms with van der Waals surface area (Å²) in [4.78, 5) is 4.51. The molecule has 4 heteroatoms. The molecule has 0 saturated carbocycles. The van der Waals surface area contributed by atoms with Crippen LogP contribution in [0.3, 0.4) is 0 Å². The minimum absolute atomic E-state index is 0.114. The summed E-state index contributed by atoms with van der Waals surface area (Å²) in [6.07, 6.45) is 1.66. The van der Waals surface area contributed by atoms with Gasteiger partial charge in [0.05, 0.1) is 6.10 Å². The summed E-state index contributed by atoms with van der Waals surface area (Å²) in [5.74, 6) is 0. The lowest BCUT2D eigenvalue weighted by Crippen LogP contribution is -2.35. The first-order chi connectivity index (χ1) is 13.0. The van der Waals surface area contributed by atoms with Gasteiger partial charge in [0, 0.05) is 45.5 Å². The molecule has 1 fully saturated rings. The maximum Gasteiger partial charge on any atom is 0.0564 e. The fourth-order valence-electron chi connectivity index (χ4n) is 3.53. The third kappa shape index (κ3) is 5.42. The van der Waals surface area contributed by atoms with Crippen molar-refractivity contribution in [1.29, 1.82) is 0 Å². The monoisotopic (exact) mass is 365 g/mol. The zero-order chi connectivity index (χ0) is 19.2. The van der Waals surface area contributed by atoms with Crippen molar-refractivity contribution in [3.8, 4) is 11.1 Å². The molecule has 0 radical (unpaired) electrons. The van der Waals surface area contributed by atoms with Crippen LogP contribution in [0.5, 0.6) is 0 Å². The highest BCUT2D eigenvalue weighted by Crippen LogP contribution is 2.23. The van der Waals surface area contributed by atoms with Gasteiger partial charge in [-0.25, -0.2) is 0 Å². The minimum atomic E-state index is -0.114. The van der Waals surface area contributed by atoms with Crippen LogP contribution in [0, 0.1) is 0 Å². The molecule has 0 aromatic heterocycles. The Bertz CT molecular complexity index is 748. The second-order valence-corrected chi connectivity index (χ2v) is 7.53. The van der Waals surface area contributed by atoms with Gasteiger partial charge < -0.3 is 15.7 Å². The largest absolute Gasteiger partial charge is 0.393 e. The topological polar surface area (TPSA) is 52.7 Å². The molecule has 27 heavy (non-hydrogen) atoms. The van der Waals surface area contributed by atoms with Crippen LogP contribution in [0.1, 0.15) is 24.0 Å². The number of aliphatic hydroxyl groups excluding tert-OH is 1. The van der Waals surface area contributed by atoms with E-state index in [1.54, 1.807) is 0 Å². The van der Waals surface area contributed by atoms with Crippen LogP contribution in [0.15, 0.2) is 60.8 Å². The Hall–Kier alpha value is -2.14. The number of rotatable bonds is 7. The second kappa shape index (κ2) is 9.18. The standard InChI is InChI=1S/C23H31N3O/c1-18(15-24)25(2)16-20-4-3-5-22(14-20)21-8-6-19(7-9-21)17-26-12-10-23(27)11-13-26/h3-9,14,23,27H,1,10-13,15-17,24H2,2H3. The van der Waals surface area contributed by atoms with E-state index in [-0.39, 0.29) is 6.10 Å².